The molecule has 0 aliphatic heterocycles. The van der Waals surface area contributed by atoms with E-state index in [2.05, 4.69) is 15.9 Å². The van der Waals surface area contributed by atoms with E-state index in [1.165, 1.54) is 24.9 Å². The zero-order valence-corrected chi connectivity index (χ0v) is 15.0. The zero-order chi connectivity index (χ0) is 16.8. The molecule has 0 atom stereocenters. The largest absolute Gasteiger partial charge is 0.493 e. The van der Waals surface area contributed by atoms with Gasteiger partial charge in [-0.2, -0.15) is 5.26 Å². The maximum atomic E-state index is 12.0. The molecule has 0 aliphatic rings. The number of rotatable bonds is 5. The van der Waals surface area contributed by atoms with E-state index in [0.29, 0.717) is 17.1 Å². The normalized spacial score (nSPS) is 10.0. The summed E-state index contributed by atoms with van der Waals surface area (Å²) in [6.07, 6.45) is 0. The summed E-state index contributed by atoms with van der Waals surface area (Å²) in [5, 5.41) is 8.87. The van der Waals surface area contributed by atoms with Crippen molar-refractivity contribution in [3.63, 3.8) is 0 Å². The van der Waals surface area contributed by atoms with Crippen LogP contribution in [0.5, 0.6) is 11.5 Å². The molecule has 0 fully saturated rings. The average molecular weight is 392 g/mol. The molecule has 4 nitrogen and oxygen atoms in total. The highest BCUT2D eigenvalue weighted by Gasteiger charge is 2.12. The predicted octanol–water partition coefficient (Wildman–Crippen LogP) is 4.34. The number of thioether (sulfide) groups is 1. The number of carbonyl (C=O) groups is 1. The molecule has 0 aliphatic carbocycles. The van der Waals surface area contributed by atoms with Crippen molar-refractivity contribution in [1.29, 1.82) is 5.26 Å². The van der Waals surface area contributed by atoms with Crippen molar-refractivity contribution < 1.29 is 14.3 Å². The lowest BCUT2D eigenvalue weighted by Gasteiger charge is -2.10. The van der Waals surface area contributed by atoms with Crippen LogP contribution in [0.4, 0.5) is 0 Å². The first-order valence-corrected chi connectivity index (χ1v) is 8.49. The highest BCUT2D eigenvalue weighted by Crippen LogP contribution is 2.29. The Bertz CT molecular complexity index is 771. The van der Waals surface area contributed by atoms with Gasteiger partial charge in [-0.1, -0.05) is 15.9 Å². The van der Waals surface area contributed by atoms with Gasteiger partial charge in [-0.15, -0.1) is 11.8 Å². The van der Waals surface area contributed by atoms with E-state index in [1.807, 2.05) is 31.2 Å². The average Bonchev–Trinajstić information content (AvgIpc) is 2.54. The van der Waals surface area contributed by atoms with E-state index in [4.69, 9.17) is 14.7 Å². The highest BCUT2D eigenvalue weighted by atomic mass is 79.9. The van der Waals surface area contributed by atoms with Crippen LogP contribution >= 0.6 is 27.7 Å². The second-order valence-corrected chi connectivity index (χ2v) is 6.58. The summed E-state index contributed by atoms with van der Waals surface area (Å²) in [4.78, 5) is 13.0. The Hall–Kier alpha value is -1.97. The molecule has 0 radical (unpaired) electrons. The third-order valence-corrected chi connectivity index (χ3v) is 4.64. The van der Waals surface area contributed by atoms with Gasteiger partial charge in [0.15, 0.2) is 11.5 Å². The van der Waals surface area contributed by atoms with Crippen LogP contribution in [0.3, 0.4) is 0 Å². The molecule has 0 unspecified atom stereocenters. The second-order valence-electron chi connectivity index (χ2n) is 4.65. The topological polar surface area (TPSA) is 59.3 Å². The van der Waals surface area contributed by atoms with Crippen molar-refractivity contribution in [3.05, 3.63) is 52.0 Å². The molecule has 0 bridgehead atoms. The monoisotopic (exact) mass is 391 g/mol. The first-order valence-electron chi connectivity index (χ1n) is 6.71. The quantitative estimate of drug-likeness (QED) is 0.431. The van der Waals surface area contributed by atoms with Crippen molar-refractivity contribution in [3.8, 4) is 17.6 Å². The molecular weight excluding hydrogens is 378 g/mol. The summed E-state index contributed by atoms with van der Waals surface area (Å²) in [6, 6.07) is 12.6. The number of hydrogen-bond acceptors (Lipinski definition) is 5. The minimum atomic E-state index is -0.375. The molecule has 0 heterocycles. The summed E-state index contributed by atoms with van der Waals surface area (Å²) in [6.45, 7) is 1.99. The van der Waals surface area contributed by atoms with E-state index in [0.717, 1.165) is 14.9 Å². The Morgan fingerprint density at radius 3 is 2.70 bits per heavy atom. The molecule has 6 heteroatoms. The summed E-state index contributed by atoms with van der Waals surface area (Å²) >= 11 is 4.83. The number of halogens is 1. The van der Waals surface area contributed by atoms with Gasteiger partial charge < -0.3 is 9.47 Å². The Morgan fingerprint density at radius 2 is 2.04 bits per heavy atom. The van der Waals surface area contributed by atoms with Crippen LogP contribution in [0.1, 0.15) is 11.1 Å². The van der Waals surface area contributed by atoms with Gasteiger partial charge >= 0.3 is 5.97 Å². The first-order chi connectivity index (χ1) is 11.0. The minimum Gasteiger partial charge on any atom is -0.493 e. The Labute approximate surface area is 147 Å². The molecule has 118 valence electrons. The summed E-state index contributed by atoms with van der Waals surface area (Å²) in [5.74, 6) is 0.484. The molecule has 23 heavy (non-hydrogen) atoms. The number of methoxy groups -OCH3 is 1. The van der Waals surface area contributed by atoms with Gasteiger partial charge in [0.25, 0.3) is 0 Å². The van der Waals surface area contributed by atoms with Crippen LogP contribution in [0.15, 0.2) is 45.8 Å². The number of nitrogens with zero attached hydrogens (tertiary/aromatic N) is 1. The number of ether oxygens (including phenoxy) is 2. The summed E-state index contributed by atoms with van der Waals surface area (Å²) in [5.41, 5.74) is 1.54. The molecule has 0 saturated heterocycles. The van der Waals surface area contributed by atoms with E-state index in [1.54, 1.807) is 12.1 Å². The standard InChI is InChI=1S/C17H14BrNO3S/c1-11-7-13(18)4-6-16(11)23-10-17(20)22-14-5-3-12(9-19)8-15(14)21-2/h3-8H,10H2,1-2H3. The van der Waals surface area contributed by atoms with E-state index in [-0.39, 0.29) is 11.7 Å². The fourth-order valence-corrected chi connectivity index (χ4v) is 3.14. The van der Waals surface area contributed by atoms with Gasteiger partial charge in [0.2, 0.25) is 0 Å². The van der Waals surface area contributed by atoms with Crippen LogP contribution in [-0.4, -0.2) is 18.8 Å². The maximum absolute atomic E-state index is 12.0. The van der Waals surface area contributed by atoms with Crippen LogP contribution < -0.4 is 9.47 Å². The van der Waals surface area contributed by atoms with Crippen molar-refractivity contribution in [1.82, 2.24) is 0 Å². The molecule has 0 saturated carbocycles. The number of esters is 1. The summed E-state index contributed by atoms with van der Waals surface area (Å²) in [7, 11) is 1.47. The van der Waals surface area contributed by atoms with Gasteiger partial charge in [0.05, 0.1) is 24.5 Å². The molecular formula is C17H14BrNO3S. The van der Waals surface area contributed by atoms with Gasteiger partial charge in [-0.25, -0.2) is 0 Å². The fourth-order valence-electron chi connectivity index (χ4n) is 1.88. The zero-order valence-electron chi connectivity index (χ0n) is 12.6. The Kier molecular flexibility index (Phi) is 6.08. The number of carbonyl (C=O) groups excluding carboxylic acids is 1. The van der Waals surface area contributed by atoms with Gasteiger partial charge in [-0.3, -0.25) is 4.79 Å². The molecule has 0 aromatic heterocycles. The molecule has 0 N–H and O–H groups in total. The maximum Gasteiger partial charge on any atom is 0.321 e. The third-order valence-electron chi connectivity index (χ3n) is 3.00. The van der Waals surface area contributed by atoms with Crippen LogP contribution in [0.25, 0.3) is 0 Å². The number of benzene rings is 2. The molecule has 2 rings (SSSR count). The van der Waals surface area contributed by atoms with E-state index < -0.39 is 0 Å². The number of hydrogen-bond donors (Lipinski definition) is 0. The minimum absolute atomic E-state index is 0.186. The SMILES string of the molecule is COc1cc(C#N)ccc1OC(=O)CSc1ccc(Br)cc1C. The molecule has 0 spiro atoms. The third kappa shape index (κ3) is 4.75. The Morgan fingerprint density at radius 1 is 1.26 bits per heavy atom. The van der Waals surface area contributed by atoms with Crippen molar-refractivity contribution in [2.75, 3.05) is 12.9 Å². The van der Waals surface area contributed by atoms with E-state index in [9.17, 15) is 4.79 Å². The molecule has 2 aromatic carbocycles. The van der Waals surface area contributed by atoms with Crippen molar-refractivity contribution in [2.24, 2.45) is 0 Å². The van der Waals surface area contributed by atoms with Gasteiger partial charge in [0, 0.05) is 15.4 Å². The number of aryl methyl sites for hydroxylation is 1. The lowest BCUT2D eigenvalue weighted by Crippen LogP contribution is -2.11. The highest BCUT2D eigenvalue weighted by molar-refractivity contribution is 9.10. The van der Waals surface area contributed by atoms with Crippen molar-refractivity contribution >= 4 is 33.7 Å². The molecule has 0 amide bonds. The van der Waals surface area contributed by atoms with Crippen LogP contribution in [0.2, 0.25) is 0 Å². The van der Waals surface area contributed by atoms with Crippen LogP contribution in [0, 0.1) is 18.3 Å². The predicted molar refractivity (Wildman–Crippen MR) is 92.9 cm³/mol. The first kappa shape index (κ1) is 17.4. The van der Waals surface area contributed by atoms with Gasteiger partial charge in [-0.05, 0) is 42.8 Å². The smallest absolute Gasteiger partial charge is 0.321 e. The second kappa shape index (κ2) is 8.04. The van der Waals surface area contributed by atoms with Gasteiger partial charge in [0.1, 0.15) is 0 Å². The fraction of sp³-hybridized carbons (Fsp3) is 0.176. The van der Waals surface area contributed by atoms with E-state index >= 15 is 0 Å². The van der Waals surface area contributed by atoms with Crippen LogP contribution in [-0.2, 0) is 4.79 Å². The van der Waals surface area contributed by atoms with Crippen molar-refractivity contribution in [2.45, 2.75) is 11.8 Å². The Balaban J connectivity index is 2.01. The lowest BCUT2D eigenvalue weighted by molar-refractivity contribution is -0.131. The molecule has 2 aromatic rings. The lowest BCUT2D eigenvalue weighted by atomic mass is 10.2. The number of nitriles is 1. The summed E-state index contributed by atoms with van der Waals surface area (Å²) < 4.78 is 11.5.